The van der Waals surface area contributed by atoms with E-state index in [1.54, 1.807) is 6.07 Å². The van der Waals surface area contributed by atoms with Crippen molar-refractivity contribution in [3.05, 3.63) is 33.9 Å². The Morgan fingerprint density at radius 2 is 2.10 bits per heavy atom. The number of nitro groups is 1. The van der Waals surface area contributed by atoms with Gasteiger partial charge in [0.15, 0.2) is 0 Å². The van der Waals surface area contributed by atoms with Gasteiger partial charge in [0.2, 0.25) is 0 Å². The van der Waals surface area contributed by atoms with E-state index in [2.05, 4.69) is 4.90 Å². The van der Waals surface area contributed by atoms with Gasteiger partial charge >= 0.3 is 0 Å². The maximum Gasteiger partial charge on any atom is 0.273 e. The Bertz CT molecular complexity index is 496. The number of hydrogen-bond donors (Lipinski definition) is 0. The molecule has 0 radical (unpaired) electrons. The van der Waals surface area contributed by atoms with Crippen molar-refractivity contribution < 1.29 is 14.5 Å². The molecule has 108 valence electrons. The summed E-state index contributed by atoms with van der Waals surface area (Å²) in [6, 6.07) is 4.81. The predicted molar refractivity (Wildman–Crippen MR) is 73.7 cm³/mol. The quantitative estimate of drug-likeness (QED) is 0.468. The second-order valence-corrected chi connectivity index (χ2v) is 5.05. The first kappa shape index (κ1) is 14.5. The number of hydrogen-bond acceptors (Lipinski definition) is 5. The number of carbonyl (C=O) groups excluding carboxylic acids is 1. The van der Waals surface area contributed by atoms with Gasteiger partial charge in [-0.25, -0.2) is 0 Å². The van der Waals surface area contributed by atoms with Crippen molar-refractivity contribution in [3.8, 4) is 5.75 Å². The van der Waals surface area contributed by atoms with Gasteiger partial charge in [0.1, 0.15) is 12.0 Å². The summed E-state index contributed by atoms with van der Waals surface area (Å²) in [4.78, 5) is 23.4. The fourth-order valence-corrected chi connectivity index (χ4v) is 2.46. The van der Waals surface area contributed by atoms with Gasteiger partial charge in [-0.3, -0.25) is 15.0 Å². The standard InChI is InChI=1S/C14H18N2O4/c1-20-14-7-12(6-13(8-14)16(18)19)9-15-4-2-11(10-17)3-5-15/h6-8,10-11H,2-5,9H2,1H3. The molecule has 1 fully saturated rings. The van der Waals surface area contributed by atoms with E-state index in [0.717, 1.165) is 37.8 Å². The van der Waals surface area contributed by atoms with Gasteiger partial charge in [0, 0.05) is 18.5 Å². The highest BCUT2D eigenvalue weighted by Gasteiger charge is 2.19. The van der Waals surface area contributed by atoms with E-state index >= 15 is 0 Å². The molecule has 6 nitrogen and oxygen atoms in total. The highest BCUT2D eigenvalue weighted by atomic mass is 16.6. The number of carbonyl (C=O) groups is 1. The highest BCUT2D eigenvalue weighted by molar-refractivity contribution is 5.53. The average Bonchev–Trinajstić information content (AvgIpc) is 2.47. The number of piperidine rings is 1. The number of rotatable bonds is 5. The van der Waals surface area contributed by atoms with E-state index in [9.17, 15) is 14.9 Å². The van der Waals surface area contributed by atoms with Crippen LogP contribution >= 0.6 is 0 Å². The van der Waals surface area contributed by atoms with Gasteiger partial charge in [-0.2, -0.15) is 0 Å². The van der Waals surface area contributed by atoms with Crippen LogP contribution < -0.4 is 4.74 Å². The minimum atomic E-state index is -0.412. The van der Waals surface area contributed by atoms with Crippen molar-refractivity contribution in [2.45, 2.75) is 19.4 Å². The molecular formula is C14H18N2O4. The molecule has 2 rings (SSSR count). The Morgan fingerprint density at radius 3 is 2.65 bits per heavy atom. The molecule has 0 N–H and O–H groups in total. The van der Waals surface area contributed by atoms with Gasteiger partial charge in [-0.05, 0) is 37.6 Å². The van der Waals surface area contributed by atoms with Crippen molar-refractivity contribution in [1.82, 2.24) is 4.90 Å². The molecule has 0 aliphatic carbocycles. The lowest BCUT2D eigenvalue weighted by molar-refractivity contribution is -0.385. The first-order chi connectivity index (χ1) is 9.62. The number of methoxy groups -OCH3 is 1. The summed E-state index contributed by atoms with van der Waals surface area (Å²) < 4.78 is 5.10. The number of aldehydes is 1. The Labute approximate surface area is 117 Å². The molecule has 0 atom stereocenters. The van der Waals surface area contributed by atoms with Crippen LogP contribution in [-0.2, 0) is 11.3 Å². The molecule has 0 spiro atoms. The van der Waals surface area contributed by atoms with Crippen molar-refractivity contribution in [1.29, 1.82) is 0 Å². The Morgan fingerprint density at radius 1 is 1.40 bits per heavy atom. The zero-order valence-electron chi connectivity index (χ0n) is 11.4. The smallest absolute Gasteiger partial charge is 0.273 e. The minimum Gasteiger partial charge on any atom is -0.496 e. The molecule has 0 aromatic heterocycles. The van der Waals surface area contributed by atoms with Crippen LogP contribution in [0, 0.1) is 16.0 Å². The topological polar surface area (TPSA) is 72.7 Å². The van der Waals surface area contributed by atoms with Gasteiger partial charge in [-0.1, -0.05) is 0 Å². The Kier molecular flexibility index (Phi) is 4.68. The maximum atomic E-state index is 10.9. The highest BCUT2D eigenvalue weighted by Crippen LogP contribution is 2.25. The summed E-state index contributed by atoms with van der Waals surface area (Å²) in [6.07, 6.45) is 2.73. The van der Waals surface area contributed by atoms with E-state index in [-0.39, 0.29) is 11.6 Å². The molecule has 1 aliphatic rings. The number of nitro benzene ring substituents is 1. The second kappa shape index (κ2) is 6.47. The normalized spacial score (nSPS) is 16.9. The van der Waals surface area contributed by atoms with Crippen LogP contribution in [0.25, 0.3) is 0 Å². The summed E-state index contributed by atoms with van der Waals surface area (Å²) in [5.41, 5.74) is 0.905. The molecule has 0 saturated carbocycles. The van der Waals surface area contributed by atoms with E-state index < -0.39 is 4.92 Å². The monoisotopic (exact) mass is 278 g/mol. The van der Waals surface area contributed by atoms with Crippen molar-refractivity contribution in [2.24, 2.45) is 5.92 Å². The predicted octanol–water partition coefficient (Wildman–Crippen LogP) is 2.01. The number of benzene rings is 1. The second-order valence-electron chi connectivity index (χ2n) is 5.05. The largest absolute Gasteiger partial charge is 0.496 e. The van der Waals surface area contributed by atoms with E-state index in [4.69, 9.17) is 4.74 Å². The zero-order valence-corrected chi connectivity index (χ0v) is 11.4. The molecule has 0 unspecified atom stereocenters. The molecule has 0 bridgehead atoms. The molecule has 1 heterocycles. The molecular weight excluding hydrogens is 260 g/mol. The Balaban J connectivity index is 2.07. The van der Waals surface area contributed by atoms with Gasteiger partial charge < -0.3 is 9.53 Å². The van der Waals surface area contributed by atoms with Crippen LogP contribution in [0.5, 0.6) is 5.75 Å². The first-order valence-electron chi connectivity index (χ1n) is 6.62. The molecule has 1 aliphatic heterocycles. The van der Waals surface area contributed by atoms with Gasteiger partial charge in [0.05, 0.1) is 18.1 Å². The third-order valence-electron chi connectivity index (χ3n) is 3.63. The van der Waals surface area contributed by atoms with Crippen LogP contribution in [0.2, 0.25) is 0 Å². The zero-order chi connectivity index (χ0) is 14.5. The van der Waals surface area contributed by atoms with E-state index in [1.807, 2.05) is 6.07 Å². The lowest BCUT2D eigenvalue weighted by atomic mass is 9.98. The molecule has 0 amide bonds. The maximum absolute atomic E-state index is 10.9. The SMILES string of the molecule is COc1cc(CN2CCC(C=O)CC2)cc([N+](=O)[O-])c1. The summed E-state index contributed by atoms with van der Waals surface area (Å²) >= 11 is 0. The Hall–Kier alpha value is -1.95. The fourth-order valence-electron chi connectivity index (χ4n) is 2.46. The first-order valence-corrected chi connectivity index (χ1v) is 6.62. The van der Waals surface area contributed by atoms with E-state index in [1.165, 1.54) is 13.2 Å². The summed E-state index contributed by atoms with van der Waals surface area (Å²) in [5, 5.41) is 10.9. The van der Waals surface area contributed by atoms with Crippen LogP contribution in [0.4, 0.5) is 5.69 Å². The summed E-state index contributed by atoms with van der Waals surface area (Å²) in [5.74, 6) is 0.655. The van der Waals surface area contributed by atoms with E-state index in [0.29, 0.717) is 12.3 Å². The third kappa shape index (κ3) is 3.54. The van der Waals surface area contributed by atoms with Crippen molar-refractivity contribution in [3.63, 3.8) is 0 Å². The molecule has 20 heavy (non-hydrogen) atoms. The lowest BCUT2D eigenvalue weighted by Crippen LogP contribution is -2.33. The van der Waals surface area contributed by atoms with Crippen molar-refractivity contribution in [2.75, 3.05) is 20.2 Å². The summed E-state index contributed by atoms with van der Waals surface area (Å²) in [6.45, 7) is 2.33. The average molecular weight is 278 g/mol. The van der Waals surface area contributed by atoms with Crippen LogP contribution in [0.1, 0.15) is 18.4 Å². The summed E-state index contributed by atoms with van der Waals surface area (Å²) in [7, 11) is 1.50. The van der Waals surface area contributed by atoms with Crippen LogP contribution in [0.15, 0.2) is 18.2 Å². The van der Waals surface area contributed by atoms with Crippen LogP contribution in [0.3, 0.4) is 0 Å². The lowest BCUT2D eigenvalue weighted by Gasteiger charge is -2.29. The third-order valence-corrected chi connectivity index (χ3v) is 3.63. The minimum absolute atomic E-state index is 0.0436. The van der Waals surface area contributed by atoms with Crippen LogP contribution in [-0.4, -0.2) is 36.3 Å². The number of nitrogens with zero attached hydrogens (tertiary/aromatic N) is 2. The number of ether oxygens (including phenoxy) is 1. The number of likely N-dealkylation sites (tertiary alicyclic amines) is 1. The molecule has 6 heteroatoms. The molecule has 1 aromatic carbocycles. The van der Waals surface area contributed by atoms with Gasteiger partial charge in [0.25, 0.3) is 5.69 Å². The van der Waals surface area contributed by atoms with Gasteiger partial charge in [-0.15, -0.1) is 0 Å². The van der Waals surface area contributed by atoms with Crippen molar-refractivity contribution >= 4 is 12.0 Å². The molecule has 1 aromatic rings. The molecule has 1 saturated heterocycles. The fraction of sp³-hybridized carbons (Fsp3) is 0.500. The number of non-ortho nitro benzene ring substituents is 1.